The maximum absolute atomic E-state index is 13.2. The van der Waals surface area contributed by atoms with Crippen molar-refractivity contribution in [2.75, 3.05) is 6.61 Å². The van der Waals surface area contributed by atoms with Crippen LogP contribution in [0.4, 0.5) is 0 Å². The Labute approximate surface area is 219 Å². The van der Waals surface area contributed by atoms with E-state index in [1.807, 2.05) is 73.7 Å². The van der Waals surface area contributed by atoms with Crippen molar-refractivity contribution in [2.45, 2.75) is 20.0 Å². The molecule has 1 aromatic heterocycles. The Morgan fingerprint density at radius 2 is 1.83 bits per heavy atom. The minimum absolute atomic E-state index is 0.0536. The average molecular weight is 519 g/mol. The van der Waals surface area contributed by atoms with Crippen LogP contribution in [-0.4, -0.2) is 26.3 Å². The number of hydrogen-bond acceptors (Lipinski definition) is 4. The number of rotatable bonds is 7. The molecule has 4 aromatic rings. The van der Waals surface area contributed by atoms with E-state index in [-0.39, 0.29) is 5.91 Å². The number of fused-ring (bicyclic) bond motifs is 1. The van der Waals surface area contributed by atoms with Crippen LogP contribution < -0.4 is 4.74 Å². The lowest BCUT2D eigenvalue weighted by Gasteiger charge is -2.14. The molecular weight excluding hydrogens is 496 g/mol. The Morgan fingerprint density at radius 1 is 1.06 bits per heavy atom. The largest absolute Gasteiger partial charge is 0.492 e. The molecule has 0 saturated carbocycles. The fraction of sp³-hybridized carbons (Fsp3) is 0.143. The zero-order valence-corrected chi connectivity index (χ0v) is 21.5. The molecule has 0 spiro atoms. The van der Waals surface area contributed by atoms with Gasteiger partial charge >= 0.3 is 0 Å². The standard InChI is InChI=1S/C28H23ClN2O2S2/c1-19-15-22(11-12-24(19)29)33-14-13-30-18-21(23-9-5-6-10-25(23)30)16-26-27(32)31(28(34)35-26)17-20-7-3-2-4-8-20/h2-12,15-16,18H,13-14,17H2,1H3/b26-16-. The first kappa shape index (κ1) is 23.7. The summed E-state index contributed by atoms with van der Waals surface area (Å²) in [4.78, 5) is 15.5. The minimum Gasteiger partial charge on any atom is -0.492 e. The number of thiocarbonyl (C=S) groups is 1. The topological polar surface area (TPSA) is 34.5 Å². The number of benzene rings is 3. The number of carbonyl (C=O) groups is 1. The first-order chi connectivity index (χ1) is 17.0. The lowest BCUT2D eigenvalue weighted by Crippen LogP contribution is -2.27. The number of para-hydroxylation sites is 1. The van der Waals surface area contributed by atoms with E-state index in [1.165, 1.54) is 11.8 Å². The Kier molecular flexibility index (Phi) is 6.95. The van der Waals surface area contributed by atoms with Crippen LogP contribution >= 0.6 is 35.6 Å². The fourth-order valence-electron chi connectivity index (χ4n) is 4.09. The van der Waals surface area contributed by atoms with Gasteiger partial charge in [-0.2, -0.15) is 0 Å². The van der Waals surface area contributed by atoms with Crippen molar-refractivity contribution in [1.82, 2.24) is 9.47 Å². The number of nitrogens with zero attached hydrogens (tertiary/aromatic N) is 2. The zero-order valence-electron chi connectivity index (χ0n) is 19.1. The van der Waals surface area contributed by atoms with E-state index in [4.69, 9.17) is 28.6 Å². The van der Waals surface area contributed by atoms with Gasteiger partial charge in [0.15, 0.2) is 0 Å². The molecule has 0 unspecified atom stereocenters. The molecule has 1 saturated heterocycles. The predicted octanol–water partition coefficient (Wildman–Crippen LogP) is 7.08. The quantitative estimate of drug-likeness (QED) is 0.193. The summed E-state index contributed by atoms with van der Waals surface area (Å²) < 4.78 is 8.71. The van der Waals surface area contributed by atoms with Gasteiger partial charge < -0.3 is 9.30 Å². The van der Waals surface area contributed by atoms with Gasteiger partial charge in [-0.1, -0.05) is 84.1 Å². The summed E-state index contributed by atoms with van der Waals surface area (Å²) in [5.74, 6) is 0.743. The van der Waals surface area contributed by atoms with E-state index in [9.17, 15) is 4.79 Å². The monoisotopic (exact) mass is 518 g/mol. The maximum Gasteiger partial charge on any atom is 0.266 e. The van der Waals surface area contributed by atoms with Crippen LogP contribution in [0.3, 0.4) is 0 Å². The van der Waals surface area contributed by atoms with E-state index in [2.05, 4.69) is 22.9 Å². The van der Waals surface area contributed by atoms with Gasteiger partial charge in [0, 0.05) is 27.7 Å². The van der Waals surface area contributed by atoms with Crippen molar-refractivity contribution in [1.29, 1.82) is 0 Å². The summed E-state index contributed by atoms with van der Waals surface area (Å²) in [5, 5.41) is 1.82. The molecule has 1 amide bonds. The number of aromatic nitrogens is 1. The molecule has 5 rings (SSSR count). The SMILES string of the molecule is Cc1cc(OCCn2cc(/C=C3\SC(=S)N(Cc4ccccc4)C3=O)c3ccccc32)ccc1Cl. The second-order valence-corrected chi connectivity index (χ2v) is 10.4. The highest BCUT2D eigenvalue weighted by atomic mass is 35.5. The van der Waals surface area contributed by atoms with Gasteiger partial charge in [0.25, 0.3) is 5.91 Å². The number of thioether (sulfide) groups is 1. The first-order valence-corrected chi connectivity index (χ1v) is 12.9. The molecule has 0 aliphatic carbocycles. The second kappa shape index (κ2) is 10.3. The maximum atomic E-state index is 13.2. The van der Waals surface area contributed by atoms with E-state index in [1.54, 1.807) is 4.90 Å². The van der Waals surface area contributed by atoms with Crippen LogP contribution in [0.15, 0.2) is 83.9 Å². The van der Waals surface area contributed by atoms with Crippen molar-refractivity contribution in [2.24, 2.45) is 0 Å². The molecule has 7 heteroatoms. The zero-order chi connectivity index (χ0) is 24.4. The van der Waals surface area contributed by atoms with Crippen LogP contribution in [0.25, 0.3) is 17.0 Å². The molecule has 0 N–H and O–H groups in total. The number of carbonyl (C=O) groups excluding carboxylic acids is 1. The molecule has 0 atom stereocenters. The highest BCUT2D eigenvalue weighted by molar-refractivity contribution is 8.26. The number of hydrogen-bond donors (Lipinski definition) is 0. The summed E-state index contributed by atoms with van der Waals surface area (Å²) in [6.07, 6.45) is 4.03. The normalized spacial score (nSPS) is 14.9. The number of ether oxygens (including phenoxy) is 1. The van der Waals surface area contributed by atoms with Gasteiger partial charge in [-0.05, 0) is 48.4 Å². The molecule has 176 valence electrons. The minimum atomic E-state index is -0.0536. The van der Waals surface area contributed by atoms with E-state index in [0.29, 0.717) is 28.9 Å². The van der Waals surface area contributed by atoms with Gasteiger partial charge in [0.05, 0.1) is 18.0 Å². The summed E-state index contributed by atoms with van der Waals surface area (Å²) in [6, 6.07) is 23.8. The third-order valence-corrected chi connectivity index (χ3v) is 7.70. The van der Waals surface area contributed by atoms with Crippen molar-refractivity contribution in [3.05, 3.63) is 106 Å². The lowest BCUT2D eigenvalue weighted by molar-refractivity contribution is -0.122. The number of aryl methyl sites for hydroxylation is 1. The Morgan fingerprint density at radius 3 is 2.63 bits per heavy atom. The highest BCUT2D eigenvalue weighted by Crippen LogP contribution is 2.35. The van der Waals surface area contributed by atoms with Crippen LogP contribution in [0.1, 0.15) is 16.7 Å². The van der Waals surface area contributed by atoms with E-state index in [0.717, 1.165) is 38.4 Å². The Bertz CT molecular complexity index is 1450. The second-order valence-electron chi connectivity index (χ2n) is 8.31. The Hall–Kier alpha value is -3.06. The third kappa shape index (κ3) is 5.15. The molecular formula is C28H23ClN2O2S2. The van der Waals surface area contributed by atoms with Gasteiger partial charge in [0.2, 0.25) is 0 Å². The summed E-state index contributed by atoms with van der Waals surface area (Å²) in [6.45, 7) is 3.62. The van der Waals surface area contributed by atoms with Gasteiger partial charge in [-0.25, -0.2) is 0 Å². The molecule has 1 aliphatic heterocycles. The molecule has 0 radical (unpaired) electrons. The number of amides is 1. The lowest BCUT2D eigenvalue weighted by atomic mass is 10.1. The number of halogens is 1. The van der Waals surface area contributed by atoms with Gasteiger partial charge in [-0.3, -0.25) is 9.69 Å². The van der Waals surface area contributed by atoms with Crippen LogP contribution in [0.2, 0.25) is 5.02 Å². The third-order valence-electron chi connectivity index (χ3n) is 5.89. The average Bonchev–Trinajstić information content (AvgIpc) is 3.34. The molecule has 4 nitrogen and oxygen atoms in total. The summed E-state index contributed by atoms with van der Waals surface area (Å²) >= 11 is 13.0. The van der Waals surface area contributed by atoms with Crippen molar-refractivity contribution >= 4 is 62.8 Å². The molecule has 35 heavy (non-hydrogen) atoms. The Balaban J connectivity index is 1.35. The molecule has 1 aliphatic rings. The fourth-order valence-corrected chi connectivity index (χ4v) is 5.45. The van der Waals surface area contributed by atoms with Gasteiger partial charge in [-0.15, -0.1) is 0 Å². The van der Waals surface area contributed by atoms with Crippen molar-refractivity contribution in [3.63, 3.8) is 0 Å². The van der Waals surface area contributed by atoms with E-state index < -0.39 is 0 Å². The molecule has 2 heterocycles. The van der Waals surface area contributed by atoms with Crippen LogP contribution in [0.5, 0.6) is 5.75 Å². The molecule has 1 fully saturated rings. The summed E-state index contributed by atoms with van der Waals surface area (Å²) in [7, 11) is 0. The van der Waals surface area contributed by atoms with Crippen molar-refractivity contribution in [3.8, 4) is 5.75 Å². The molecule has 0 bridgehead atoms. The summed E-state index contributed by atoms with van der Waals surface area (Å²) in [5.41, 5.74) is 4.12. The van der Waals surface area contributed by atoms with Crippen molar-refractivity contribution < 1.29 is 9.53 Å². The highest BCUT2D eigenvalue weighted by Gasteiger charge is 2.32. The first-order valence-electron chi connectivity index (χ1n) is 11.3. The van der Waals surface area contributed by atoms with Crippen LogP contribution in [-0.2, 0) is 17.9 Å². The smallest absolute Gasteiger partial charge is 0.266 e. The molecule has 3 aromatic carbocycles. The predicted molar refractivity (Wildman–Crippen MR) is 149 cm³/mol. The van der Waals surface area contributed by atoms with Gasteiger partial charge in [0.1, 0.15) is 16.7 Å². The van der Waals surface area contributed by atoms with Crippen LogP contribution in [0, 0.1) is 6.92 Å². The van der Waals surface area contributed by atoms with E-state index >= 15 is 0 Å².